The number of rotatable bonds is 5. The van der Waals surface area contributed by atoms with Crippen molar-refractivity contribution in [1.82, 2.24) is 0 Å². The summed E-state index contributed by atoms with van der Waals surface area (Å²) in [4.78, 5) is 21.2. The smallest absolute Gasteiger partial charge is 0.306 e. The second-order valence-corrected chi connectivity index (χ2v) is 4.96. The Balaban J connectivity index is 4.20. The fraction of sp³-hybridized carbons (Fsp3) is 0.778. The number of halogens is 2. The van der Waals surface area contributed by atoms with Gasteiger partial charge in [0.05, 0.1) is 13.5 Å². The maximum absolute atomic E-state index is 11.2. The van der Waals surface area contributed by atoms with Crippen molar-refractivity contribution in [3.05, 3.63) is 0 Å². The predicted molar refractivity (Wildman–Crippen MR) is 55.5 cm³/mol. The summed E-state index contributed by atoms with van der Waals surface area (Å²) in [7, 11) is 1.31. The van der Waals surface area contributed by atoms with E-state index in [-0.39, 0.29) is 24.6 Å². The zero-order chi connectivity index (χ0) is 11.4. The Labute approximate surface area is 93.7 Å². The molecule has 0 amide bonds. The first-order valence-electron chi connectivity index (χ1n) is 4.16. The molecule has 0 aliphatic heterocycles. The van der Waals surface area contributed by atoms with Crippen LogP contribution in [0.15, 0.2) is 0 Å². The van der Waals surface area contributed by atoms with Gasteiger partial charge in [0.1, 0.15) is 0 Å². The quantitative estimate of drug-likeness (QED) is 0.548. The molecule has 0 aromatic heterocycles. The van der Waals surface area contributed by atoms with Crippen molar-refractivity contribution in [3.8, 4) is 0 Å². The first-order valence-corrected chi connectivity index (χ1v) is 5.03. The molecule has 82 valence electrons. The van der Waals surface area contributed by atoms with Gasteiger partial charge >= 0.3 is 5.97 Å². The summed E-state index contributed by atoms with van der Waals surface area (Å²) >= 11 is 10.8. The van der Waals surface area contributed by atoms with Crippen LogP contribution in [-0.4, -0.2) is 23.7 Å². The number of carbonyl (C=O) groups excluding carboxylic acids is 2. The molecule has 0 N–H and O–H groups in total. The van der Waals surface area contributed by atoms with E-state index in [1.54, 1.807) is 13.8 Å². The van der Waals surface area contributed by atoms with Crippen LogP contribution < -0.4 is 0 Å². The van der Waals surface area contributed by atoms with Gasteiger partial charge in [0.25, 0.3) is 0 Å². The van der Waals surface area contributed by atoms with Crippen LogP contribution >= 0.6 is 23.2 Å². The van der Waals surface area contributed by atoms with E-state index in [4.69, 9.17) is 23.2 Å². The number of carbonyl (C=O) groups is 2. The summed E-state index contributed by atoms with van der Waals surface area (Å²) in [6, 6.07) is 0. The molecule has 0 saturated heterocycles. The van der Waals surface area contributed by atoms with E-state index in [9.17, 15) is 9.59 Å². The van der Waals surface area contributed by atoms with Crippen LogP contribution in [0.4, 0.5) is 0 Å². The van der Waals surface area contributed by atoms with Crippen molar-refractivity contribution in [1.29, 1.82) is 0 Å². The largest absolute Gasteiger partial charge is 0.469 e. The van der Waals surface area contributed by atoms with Crippen molar-refractivity contribution < 1.29 is 14.3 Å². The second kappa shape index (κ2) is 5.56. The van der Waals surface area contributed by atoms with E-state index < -0.39 is 10.3 Å². The number of esters is 1. The SMILES string of the molecule is COC(=O)CC(C)(C)CC(=O)C(Cl)Cl. The Morgan fingerprint density at radius 1 is 1.29 bits per heavy atom. The number of ether oxygens (including phenoxy) is 1. The van der Waals surface area contributed by atoms with Gasteiger partial charge in [-0.3, -0.25) is 9.59 Å². The molecular weight excluding hydrogens is 227 g/mol. The highest BCUT2D eigenvalue weighted by Crippen LogP contribution is 2.27. The van der Waals surface area contributed by atoms with Crippen LogP contribution in [0.3, 0.4) is 0 Å². The number of hydrogen-bond acceptors (Lipinski definition) is 3. The zero-order valence-corrected chi connectivity index (χ0v) is 9.98. The Kier molecular flexibility index (Phi) is 5.45. The summed E-state index contributed by atoms with van der Waals surface area (Å²) in [5.41, 5.74) is -0.466. The van der Waals surface area contributed by atoms with E-state index in [2.05, 4.69) is 4.74 Å². The molecule has 0 atom stereocenters. The topological polar surface area (TPSA) is 43.4 Å². The van der Waals surface area contributed by atoms with E-state index in [1.165, 1.54) is 7.11 Å². The van der Waals surface area contributed by atoms with Gasteiger partial charge in [-0.15, -0.1) is 0 Å². The molecule has 0 aromatic carbocycles. The lowest BCUT2D eigenvalue weighted by Gasteiger charge is -2.22. The molecule has 0 aromatic rings. The van der Waals surface area contributed by atoms with Crippen LogP contribution in [0.5, 0.6) is 0 Å². The molecule has 0 aliphatic rings. The second-order valence-electron chi connectivity index (χ2n) is 3.86. The molecule has 0 saturated carbocycles. The van der Waals surface area contributed by atoms with Gasteiger partial charge in [-0.2, -0.15) is 0 Å². The number of methoxy groups -OCH3 is 1. The molecule has 0 heterocycles. The minimum Gasteiger partial charge on any atom is -0.469 e. The zero-order valence-electron chi connectivity index (χ0n) is 8.47. The van der Waals surface area contributed by atoms with E-state index in [1.807, 2.05) is 0 Å². The lowest BCUT2D eigenvalue weighted by molar-refractivity contribution is -0.143. The molecule has 0 fully saturated rings. The molecule has 0 aliphatic carbocycles. The molecule has 0 radical (unpaired) electrons. The molecule has 5 heteroatoms. The molecule has 0 unspecified atom stereocenters. The van der Waals surface area contributed by atoms with Crippen molar-refractivity contribution in [3.63, 3.8) is 0 Å². The van der Waals surface area contributed by atoms with Crippen molar-refractivity contribution >= 4 is 35.0 Å². The maximum atomic E-state index is 11.2. The monoisotopic (exact) mass is 240 g/mol. The number of ketones is 1. The van der Waals surface area contributed by atoms with Crippen LogP contribution in [0, 0.1) is 5.41 Å². The Morgan fingerprint density at radius 2 is 1.79 bits per heavy atom. The van der Waals surface area contributed by atoms with Gasteiger partial charge in [-0.1, -0.05) is 37.0 Å². The van der Waals surface area contributed by atoms with Crippen molar-refractivity contribution in [2.24, 2.45) is 5.41 Å². The van der Waals surface area contributed by atoms with Crippen molar-refractivity contribution in [2.45, 2.75) is 31.5 Å². The first-order chi connectivity index (χ1) is 6.28. The average molecular weight is 241 g/mol. The van der Waals surface area contributed by atoms with E-state index >= 15 is 0 Å². The number of alkyl halides is 2. The standard InChI is InChI=1S/C9H14Cl2O3/c1-9(2,5-7(13)14-3)4-6(12)8(10)11/h8H,4-5H2,1-3H3. The van der Waals surface area contributed by atoms with Crippen LogP contribution in [0.25, 0.3) is 0 Å². The van der Waals surface area contributed by atoms with E-state index in [0.717, 1.165) is 0 Å². The predicted octanol–water partition coefficient (Wildman–Crippen LogP) is 2.34. The highest BCUT2D eigenvalue weighted by molar-refractivity contribution is 6.53. The van der Waals surface area contributed by atoms with Gasteiger partial charge in [0.2, 0.25) is 0 Å². The lowest BCUT2D eigenvalue weighted by atomic mass is 9.84. The van der Waals surface area contributed by atoms with E-state index in [0.29, 0.717) is 0 Å². The first kappa shape index (κ1) is 13.7. The fourth-order valence-electron chi connectivity index (χ4n) is 1.07. The van der Waals surface area contributed by atoms with Crippen LogP contribution in [0.1, 0.15) is 26.7 Å². The minimum atomic E-state index is -1.02. The Hall–Kier alpha value is -0.280. The number of hydrogen-bond donors (Lipinski definition) is 0. The van der Waals surface area contributed by atoms with Crippen LogP contribution in [-0.2, 0) is 14.3 Å². The van der Waals surface area contributed by atoms with Gasteiger partial charge < -0.3 is 4.74 Å². The third-order valence-electron chi connectivity index (χ3n) is 1.75. The summed E-state index contributed by atoms with van der Waals surface area (Å²) in [5.74, 6) is -0.620. The Morgan fingerprint density at radius 3 is 2.14 bits per heavy atom. The molecular formula is C9H14Cl2O3. The molecule has 0 spiro atoms. The Bertz CT molecular complexity index is 224. The normalized spacial score (nSPS) is 11.6. The molecule has 0 bridgehead atoms. The van der Waals surface area contributed by atoms with Crippen molar-refractivity contribution in [2.75, 3.05) is 7.11 Å². The van der Waals surface area contributed by atoms with Gasteiger partial charge in [-0.25, -0.2) is 0 Å². The average Bonchev–Trinajstić information content (AvgIpc) is 2.02. The van der Waals surface area contributed by atoms with Gasteiger partial charge in [-0.05, 0) is 5.41 Å². The third kappa shape index (κ3) is 5.45. The lowest BCUT2D eigenvalue weighted by Crippen LogP contribution is -2.24. The maximum Gasteiger partial charge on any atom is 0.306 e. The highest BCUT2D eigenvalue weighted by atomic mass is 35.5. The summed E-state index contributed by atoms with van der Waals surface area (Å²) < 4.78 is 4.51. The minimum absolute atomic E-state index is 0.166. The summed E-state index contributed by atoms with van der Waals surface area (Å²) in [6.07, 6.45) is 0.343. The molecule has 0 rings (SSSR count). The van der Waals surface area contributed by atoms with Gasteiger partial charge in [0, 0.05) is 6.42 Å². The summed E-state index contributed by atoms with van der Waals surface area (Å²) in [6.45, 7) is 3.58. The highest BCUT2D eigenvalue weighted by Gasteiger charge is 2.27. The number of Topliss-reactive ketones (excluding diaryl/α,β-unsaturated/α-hetero) is 1. The van der Waals surface area contributed by atoms with Crippen LogP contribution in [0.2, 0.25) is 0 Å². The molecule has 14 heavy (non-hydrogen) atoms. The third-order valence-corrected chi connectivity index (χ3v) is 2.23. The fourth-order valence-corrected chi connectivity index (χ4v) is 1.23. The van der Waals surface area contributed by atoms with Gasteiger partial charge in [0.15, 0.2) is 10.6 Å². The molecule has 3 nitrogen and oxygen atoms in total. The summed E-state index contributed by atoms with van der Waals surface area (Å²) in [5, 5.41) is 0.